The standard InChI is InChI=1S/C14H21NO2/c1-3-6-12(4-2)15-14(17)10-11-7-5-8-13(16)9-11/h5,7-9,12,16H,3-4,6,10H2,1-2H3,(H,15,17). The average molecular weight is 235 g/mol. The molecule has 0 aromatic heterocycles. The highest BCUT2D eigenvalue weighted by Crippen LogP contribution is 2.11. The van der Waals surface area contributed by atoms with Crippen LogP contribution in [0.1, 0.15) is 38.7 Å². The summed E-state index contributed by atoms with van der Waals surface area (Å²) in [6.07, 6.45) is 3.38. The molecule has 0 fully saturated rings. The molecule has 0 aliphatic carbocycles. The maximum absolute atomic E-state index is 11.8. The van der Waals surface area contributed by atoms with Crippen LogP contribution in [-0.4, -0.2) is 17.1 Å². The second-order valence-corrected chi connectivity index (χ2v) is 4.31. The van der Waals surface area contributed by atoms with Gasteiger partial charge in [-0.1, -0.05) is 32.4 Å². The van der Waals surface area contributed by atoms with Crippen molar-refractivity contribution in [3.63, 3.8) is 0 Å². The van der Waals surface area contributed by atoms with Gasteiger partial charge in [-0.05, 0) is 30.5 Å². The van der Waals surface area contributed by atoms with Gasteiger partial charge in [0.1, 0.15) is 5.75 Å². The van der Waals surface area contributed by atoms with Crippen molar-refractivity contribution in [3.05, 3.63) is 29.8 Å². The fourth-order valence-corrected chi connectivity index (χ4v) is 1.86. The van der Waals surface area contributed by atoms with Crippen LogP contribution in [0.3, 0.4) is 0 Å². The topological polar surface area (TPSA) is 49.3 Å². The Balaban J connectivity index is 2.49. The molecule has 94 valence electrons. The van der Waals surface area contributed by atoms with Gasteiger partial charge in [0.2, 0.25) is 5.91 Å². The number of hydrogen-bond acceptors (Lipinski definition) is 2. The van der Waals surface area contributed by atoms with Crippen LogP contribution in [0.4, 0.5) is 0 Å². The van der Waals surface area contributed by atoms with E-state index in [-0.39, 0.29) is 17.7 Å². The van der Waals surface area contributed by atoms with E-state index >= 15 is 0 Å². The second kappa shape index (κ2) is 6.94. The van der Waals surface area contributed by atoms with Crippen molar-refractivity contribution in [3.8, 4) is 5.75 Å². The van der Waals surface area contributed by atoms with E-state index in [1.54, 1.807) is 18.2 Å². The fraction of sp³-hybridized carbons (Fsp3) is 0.500. The zero-order valence-electron chi connectivity index (χ0n) is 10.6. The third-order valence-electron chi connectivity index (χ3n) is 2.77. The molecule has 1 unspecified atom stereocenters. The van der Waals surface area contributed by atoms with Crippen molar-refractivity contribution in [2.24, 2.45) is 0 Å². The highest BCUT2D eigenvalue weighted by Gasteiger charge is 2.10. The summed E-state index contributed by atoms with van der Waals surface area (Å²) in [5, 5.41) is 12.3. The molecule has 2 N–H and O–H groups in total. The van der Waals surface area contributed by atoms with Crippen LogP contribution in [-0.2, 0) is 11.2 Å². The minimum absolute atomic E-state index is 0.0240. The average Bonchev–Trinajstić information content (AvgIpc) is 2.28. The summed E-state index contributed by atoms with van der Waals surface area (Å²) in [7, 11) is 0. The van der Waals surface area contributed by atoms with Crippen LogP contribution >= 0.6 is 0 Å². The van der Waals surface area contributed by atoms with Crippen molar-refractivity contribution in [2.45, 2.75) is 45.6 Å². The van der Waals surface area contributed by atoms with E-state index in [2.05, 4.69) is 19.2 Å². The summed E-state index contributed by atoms with van der Waals surface area (Å²) in [6, 6.07) is 7.10. The molecule has 0 spiro atoms. The third-order valence-corrected chi connectivity index (χ3v) is 2.77. The Morgan fingerprint density at radius 3 is 2.76 bits per heavy atom. The third kappa shape index (κ3) is 4.89. The molecule has 0 bridgehead atoms. The van der Waals surface area contributed by atoms with Gasteiger partial charge in [0.25, 0.3) is 0 Å². The van der Waals surface area contributed by atoms with E-state index in [4.69, 9.17) is 0 Å². The zero-order valence-corrected chi connectivity index (χ0v) is 10.6. The predicted molar refractivity (Wildman–Crippen MR) is 68.9 cm³/mol. The van der Waals surface area contributed by atoms with Crippen molar-refractivity contribution in [1.82, 2.24) is 5.32 Å². The van der Waals surface area contributed by atoms with Crippen LogP contribution in [0, 0.1) is 0 Å². The molecule has 0 saturated carbocycles. The number of amides is 1. The lowest BCUT2D eigenvalue weighted by Crippen LogP contribution is -2.35. The predicted octanol–water partition coefficient (Wildman–Crippen LogP) is 2.63. The summed E-state index contributed by atoms with van der Waals surface area (Å²) in [5.74, 6) is 0.229. The molecule has 1 amide bonds. The Hall–Kier alpha value is -1.51. The number of benzene rings is 1. The fourth-order valence-electron chi connectivity index (χ4n) is 1.86. The maximum atomic E-state index is 11.8. The summed E-state index contributed by atoms with van der Waals surface area (Å²) in [5.41, 5.74) is 0.842. The first kappa shape index (κ1) is 13.6. The highest BCUT2D eigenvalue weighted by atomic mass is 16.3. The summed E-state index contributed by atoms with van der Waals surface area (Å²) in [4.78, 5) is 11.8. The van der Waals surface area contributed by atoms with Crippen LogP contribution in [0.25, 0.3) is 0 Å². The van der Waals surface area contributed by atoms with Crippen molar-refractivity contribution in [2.75, 3.05) is 0 Å². The number of aromatic hydroxyl groups is 1. The normalized spacial score (nSPS) is 12.1. The number of phenolic OH excluding ortho intramolecular Hbond substituents is 1. The van der Waals surface area contributed by atoms with E-state index in [1.165, 1.54) is 0 Å². The Bertz CT molecular complexity index is 363. The highest BCUT2D eigenvalue weighted by molar-refractivity contribution is 5.78. The summed E-state index contributed by atoms with van der Waals surface area (Å²) in [6.45, 7) is 4.19. The van der Waals surface area contributed by atoms with E-state index in [9.17, 15) is 9.90 Å². The number of nitrogens with one attached hydrogen (secondary N) is 1. The van der Waals surface area contributed by atoms with E-state index < -0.39 is 0 Å². The molecule has 3 nitrogen and oxygen atoms in total. The van der Waals surface area contributed by atoms with Gasteiger partial charge in [-0.15, -0.1) is 0 Å². The molecule has 0 aliphatic rings. The first-order chi connectivity index (χ1) is 8.15. The van der Waals surface area contributed by atoms with Crippen LogP contribution < -0.4 is 5.32 Å². The Kier molecular flexibility index (Phi) is 5.53. The maximum Gasteiger partial charge on any atom is 0.224 e. The molecule has 0 aliphatic heterocycles. The molecular formula is C14H21NO2. The van der Waals surface area contributed by atoms with Gasteiger partial charge in [-0.2, -0.15) is 0 Å². The van der Waals surface area contributed by atoms with Crippen molar-refractivity contribution in [1.29, 1.82) is 0 Å². The van der Waals surface area contributed by atoms with Crippen molar-refractivity contribution >= 4 is 5.91 Å². The van der Waals surface area contributed by atoms with Crippen LogP contribution in [0.5, 0.6) is 5.75 Å². The molecular weight excluding hydrogens is 214 g/mol. The molecule has 1 aromatic rings. The molecule has 1 rings (SSSR count). The summed E-state index contributed by atoms with van der Waals surface area (Å²) < 4.78 is 0. The lowest BCUT2D eigenvalue weighted by atomic mass is 10.1. The first-order valence-electron chi connectivity index (χ1n) is 6.23. The van der Waals surface area contributed by atoms with Gasteiger partial charge in [0, 0.05) is 6.04 Å². The van der Waals surface area contributed by atoms with Crippen LogP contribution in [0.2, 0.25) is 0 Å². The van der Waals surface area contributed by atoms with E-state index in [1.807, 2.05) is 6.07 Å². The smallest absolute Gasteiger partial charge is 0.224 e. The van der Waals surface area contributed by atoms with E-state index in [0.29, 0.717) is 6.42 Å². The lowest BCUT2D eigenvalue weighted by Gasteiger charge is -2.16. The number of phenols is 1. The van der Waals surface area contributed by atoms with Gasteiger partial charge in [-0.25, -0.2) is 0 Å². The Labute approximate surface area is 103 Å². The second-order valence-electron chi connectivity index (χ2n) is 4.31. The van der Waals surface area contributed by atoms with Crippen LogP contribution in [0.15, 0.2) is 24.3 Å². The largest absolute Gasteiger partial charge is 0.508 e. The molecule has 0 radical (unpaired) electrons. The van der Waals surface area contributed by atoms with Gasteiger partial charge in [0.05, 0.1) is 6.42 Å². The molecule has 1 atom stereocenters. The quantitative estimate of drug-likeness (QED) is 0.796. The lowest BCUT2D eigenvalue weighted by molar-refractivity contribution is -0.121. The molecule has 0 saturated heterocycles. The van der Waals surface area contributed by atoms with Gasteiger partial charge in [-0.3, -0.25) is 4.79 Å². The molecule has 0 heterocycles. The van der Waals surface area contributed by atoms with Gasteiger partial charge >= 0.3 is 0 Å². The number of carbonyl (C=O) groups is 1. The SMILES string of the molecule is CCCC(CC)NC(=O)Cc1cccc(O)c1. The van der Waals surface area contributed by atoms with E-state index in [0.717, 1.165) is 24.8 Å². The summed E-state index contributed by atoms with van der Waals surface area (Å²) >= 11 is 0. The number of carbonyl (C=O) groups excluding carboxylic acids is 1. The van der Waals surface area contributed by atoms with Crippen molar-refractivity contribution < 1.29 is 9.90 Å². The first-order valence-corrected chi connectivity index (χ1v) is 6.23. The number of rotatable bonds is 6. The Morgan fingerprint density at radius 2 is 2.18 bits per heavy atom. The minimum atomic E-state index is 0.0240. The number of hydrogen-bond donors (Lipinski definition) is 2. The molecule has 1 aromatic carbocycles. The Morgan fingerprint density at radius 1 is 1.41 bits per heavy atom. The van der Waals surface area contributed by atoms with Gasteiger partial charge in [0.15, 0.2) is 0 Å². The van der Waals surface area contributed by atoms with Gasteiger partial charge < -0.3 is 10.4 Å². The molecule has 17 heavy (non-hydrogen) atoms. The zero-order chi connectivity index (χ0) is 12.7. The monoisotopic (exact) mass is 235 g/mol. The minimum Gasteiger partial charge on any atom is -0.508 e. The molecule has 3 heteroatoms.